The first-order valence-corrected chi connectivity index (χ1v) is 9.28. The first kappa shape index (κ1) is 17.8. The van der Waals surface area contributed by atoms with Gasteiger partial charge >= 0.3 is 0 Å². The van der Waals surface area contributed by atoms with Gasteiger partial charge in [-0.2, -0.15) is 0 Å². The molecule has 0 spiro atoms. The molecule has 1 amide bonds. The van der Waals surface area contributed by atoms with Crippen LogP contribution in [0.5, 0.6) is 5.75 Å². The summed E-state index contributed by atoms with van der Waals surface area (Å²) in [6.45, 7) is 1.89. The van der Waals surface area contributed by atoms with E-state index in [-0.39, 0.29) is 18.2 Å². The molecular weight excluding hydrogens is 330 g/mol. The fourth-order valence-electron chi connectivity index (χ4n) is 2.02. The molecule has 4 N–H and O–H groups in total. The number of hydrogen-bond acceptors (Lipinski definition) is 5. The Morgan fingerprint density at radius 3 is 2.30 bits per heavy atom. The van der Waals surface area contributed by atoms with Crippen LogP contribution in [0.1, 0.15) is 0 Å². The number of nitrogens with two attached hydrogens (primary N) is 1. The molecule has 0 fully saturated rings. The fourth-order valence-corrected chi connectivity index (χ4v) is 3.83. The summed E-state index contributed by atoms with van der Waals surface area (Å²) < 4.78 is 0. The van der Waals surface area contributed by atoms with Crippen molar-refractivity contribution < 1.29 is 9.90 Å². The molecule has 1 heterocycles. The van der Waals surface area contributed by atoms with Gasteiger partial charge in [-0.15, -0.1) is 23.5 Å². The van der Waals surface area contributed by atoms with Crippen LogP contribution in [-0.4, -0.2) is 52.0 Å². The molecule has 0 saturated heterocycles. The number of carbonyl (C=O) groups is 1. The van der Waals surface area contributed by atoms with Crippen molar-refractivity contribution in [3.05, 3.63) is 42.7 Å². The van der Waals surface area contributed by atoms with Gasteiger partial charge in [0.05, 0.1) is 6.54 Å². The molecule has 124 valence electrons. The Labute approximate surface area is 144 Å². The molecular formula is C16H21N3O2S2. The molecule has 0 atom stereocenters. The number of nitrogens with zero attached hydrogens (tertiary/aromatic N) is 1. The van der Waals surface area contributed by atoms with Gasteiger partial charge in [0.1, 0.15) is 5.75 Å². The Bertz CT molecular complexity index is 588. The fraction of sp³-hybridized carbons (Fsp3) is 0.312. The first-order chi connectivity index (χ1) is 11.1. The predicted octanol–water partition coefficient (Wildman–Crippen LogP) is 2.39. The molecule has 7 heteroatoms. The van der Waals surface area contributed by atoms with Crippen molar-refractivity contribution in [2.45, 2.75) is 9.79 Å². The van der Waals surface area contributed by atoms with Crippen LogP contribution < -0.4 is 5.73 Å². The summed E-state index contributed by atoms with van der Waals surface area (Å²) in [5.74, 6) is 1.75. The number of aromatic nitrogens is 1. The Morgan fingerprint density at radius 1 is 1.09 bits per heavy atom. The van der Waals surface area contributed by atoms with E-state index >= 15 is 0 Å². The average molecular weight is 351 g/mol. The molecule has 1 aromatic heterocycles. The average Bonchev–Trinajstić information content (AvgIpc) is 3.02. The van der Waals surface area contributed by atoms with Gasteiger partial charge < -0.3 is 15.8 Å². The monoisotopic (exact) mass is 351 g/mol. The van der Waals surface area contributed by atoms with E-state index in [2.05, 4.69) is 9.88 Å². The number of nitrogens with one attached hydrogen (secondary N) is 1. The summed E-state index contributed by atoms with van der Waals surface area (Å²) >= 11 is 3.45. The molecule has 1 aromatic carbocycles. The number of H-pyrrole nitrogens is 1. The predicted molar refractivity (Wildman–Crippen MR) is 96.0 cm³/mol. The van der Waals surface area contributed by atoms with Crippen LogP contribution in [0.25, 0.3) is 0 Å². The van der Waals surface area contributed by atoms with E-state index in [4.69, 9.17) is 5.73 Å². The van der Waals surface area contributed by atoms with E-state index < -0.39 is 0 Å². The molecule has 0 saturated carbocycles. The second-order valence-corrected chi connectivity index (χ2v) is 7.32. The molecule has 2 aromatic rings. The van der Waals surface area contributed by atoms with Crippen LogP contribution >= 0.6 is 23.5 Å². The molecule has 2 rings (SSSR count). The van der Waals surface area contributed by atoms with Crippen LogP contribution in [0.4, 0.5) is 0 Å². The summed E-state index contributed by atoms with van der Waals surface area (Å²) in [5, 5.41) is 9.27. The Morgan fingerprint density at radius 2 is 1.74 bits per heavy atom. The second-order valence-electron chi connectivity index (χ2n) is 4.98. The van der Waals surface area contributed by atoms with E-state index in [0.29, 0.717) is 0 Å². The molecule has 0 aliphatic heterocycles. The third-order valence-electron chi connectivity index (χ3n) is 3.14. The van der Waals surface area contributed by atoms with E-state index in [1.807, 2.05) is 30.6 Å². The number of aromatic hydroxyl groups is 1. The minimum Gasteiger partial charge on any atom is -0.508 e. The van der Waals surface area contributed by atoms with E-state index in [0.717, 1.165) is 29.5 Å². The zero-order chi connectivity index (χ0) is 16.5. The van der Waals surface area contributed by atoms with Crippen molar-refractivity contribution in [1.82, 2.24) is 9.88 Å². The molecule has 0 radical (unpaired) electrons. The van der Waals surface area contributed by atoms with Crippen LogP contribution in [0.15, 0.2) is 52.5 Å². The number of phenols is 1. The summed E-state index contributed by atoms with van der Waals surface area (Å²) in [7, 11) is 0. The van der Waals surface area contributed by atoms with Gasteiger partial charge in [-0.25, -0.2) is 0 Å². The highest BCUT2D eigenvalue weighted by Gasteiger charge is 2.09. The number of phenolic OH excluding ortho intramolecular Hbond substituents is 1. The molecule has 0 unspecified atom stereocenters. The SMILES string of the molecule is NC(=O)CN(CCSc1ccc(O)cc1)CCSc1cc[nH]c1. The van der Waals surface area contributed by atoms with Gasteiger partial charge in [0.25, 0.3) is 0 Å². The van der Waals surface area contributed by atoms with Crippen molar-refractivity contribution in [1.29, 1.82) is 0 Å². The van der Waals surface area contributed by atoms with Crippen LogP contribution in [0.3, 0.4) is 0 Å². The Hall–Kier alpha value is -1.57. The Kier molecular flexibility index (Phi) is 7.38. The summed E-state index contributed by atoms with van der Waals surface area (Å²) in [5.41, 5.74) is 5.33. The number of thioether (sulfide) groups is 2. The molecule has 0 aliphatic rings. The number of aromatic amines is 1. The molecule has 0 bridgehead atoms. The highest BCUT2D eigenvalue weighted by molar-refractivity contribution is 7.99. The quantitative estimate of drug-likeness (QED) is 0.573. The van der Waals surface area contributed by atoms with Gasteiger partial charge in [0, 0.05) is 46.8 Å². The summed E-state index contributed by atoms with van der Waals surface area (Å²) in [6.07, 6.45) is 3.86. The largest absolute Gasteiger partial charge is 0.508 e. The number of carbonyl (C=O) groups excluding carboxylic acids is 1. The van der Waals surface area contributed by atoms with Gasteiger partial charge in [-0.05, 0) is 30.3 Å². The standard InChI is InChI=1S/C16H21N3O2S2/c17-16(21)12-19(8-10-23-15-5-6-18-11-15)7-9-22-14-3-1-13(20)2-4-14/h1-6,11,18,20H,7-10,12H2,(H2,17,21). The minimum absolute atomic E-state index is 0.270. The zero-order valence-electron chi connectivity index (χ0n) is 12.8. The van der Waals surface area contributed by atoms with Crippen molar-refractivity contribution >= 4 is 29.4 Å². The van der Waals surface area contributed by atoms with Crippen molar-refractivity contribution in [2.75, 3.05) is 31.1 Å². The van der Waals surface area contributed by atoms with Gasteiger partial charge in [0.2, 0.25) is 5.91 Å². The molecule has 0 aliphatic carbocycles. The van der Waals surface area contributed by atoms with Crippen molar-refractivity contribution in [3.8, 4) is 5.75 Å². The third kappa shape index (κ3) is 7.02. The smallest absolute Gasteiger partial charge is 0.231 e. The summed E-state index contributed by atoms with van der Waals surface area (Å²) in [4.78, 5) is 18.6. The molecule has 23 heavy (non-hydrogen) atoms. The highest BCUT2D eigenvalue weighted by Crippen LogP contribution is 2.21. The lowest BCUT2D eigenvalue weighted by molar-refractivity contribution is -0.119. The number of hydrogen-bond donors (Lipinski definition) is 3. The minimum atomic E-state index is -0.300. The summed E-state index contributed by atoms with van der Waals surface area (Å²) in [6, 6.07) is 9.16. The number of amides is 1. The van der Waals surface area contributed by atoms with E-state index in [1.165, 1.54) is 4.90 Å². The molecule has 5 nitrogen and oxygen atoms in total. The lowest BCUT2D eigenvalue weighted by atomic mass is 10.3. The van der Waals surface area contributed by atoms with E-state index in [9.17, 15) is 9.90 Å². The highest BCUT2D eigenvalue weighted by atomic mass is 32.2. The third-order valence-corrected chi connectivity index (χ3v) is 5.10. The topological polar surface area (TPSA) is 82.3 Å². The maximum Gasteiger partial charge on any atom is 0.231 e. The van der Waals surface area contributed by atoms with Crippen LogP contribution in [0.2, 0.25) is 0 Å². The number of benzene rings is 1. The van der Waals surface area contributed by atoms with Gasteiger partial charge in [0.15, 0.2) is 0 Å². The van der Waals surface area contributed by atoms with Crippen molar-refractivity contribution in [3.63, 3.8) is 0 Å². The zero-order valence-corrected chi connectivity index (χ0v) is 14.4. The maximum atomic E-state index is 11.2. The van der Waals surface area contributed by atoms with E-state index in [1.54, 1.807) is 35.7 Å². The Balaban J connectivity index is 1.73. The van der Waals surface area contributed by atoms with Crippen LogP contribution in [0, 0.1) is 0 Å². The van der Waals surface area contributed by atoms with Crippen molar-refractivity contribution in [2.24, 2.45) is 5.73 Å². The lowest BCUT2D eigenvalue weighted by Gasteiger charge is -2.20. The van der Waals surface area contributed by atoms with Crippen LogP contribution in [-0.2, 0) is 4.79 Å². The van der Waals surface area contributed by atoms with Gasteiger partial charge in [-0.3, -0.25) is 9.69 Å². The second kappa shape index (κ2) is 9.54. The normalized spacial score (nSPS) is 11.0. The lowest BCUT2D eigenvalue weighted by Crippen LogP contribution is -2.36. The maximum absolute atomic E-state index is 11.2. The number of rotatable bonds is 10. The first-order valence-electron chi connectivity index (χ1n) is 7.31. The number of primary amides is 1. The van der Waals surface area contributed by atoms with Gasteiger partial charge in [-0.1, -0.05) is 0 Å².